The van der Waals surface area contributed by atoms with Crippen LogP contribution in [-0.2, 0) is 4.79 Å². The monoisotopic (exact) mass is 394 g/mol. The van der Waals surface area contributed by atoms with Gasteiger partial charge in [-0.25, -0.2) is 0 Å². The molecule has 2 N–H and O–H groups in total. The summed E-state index contributed by atoms with van der Waals surface area (Å²) in [6, 6.07) is 0. The number of likely N-dealkylation sites (tertiary alicyclic amines) is 1. The number of carbonyl (C=O) groups is 1. The highest BCUT2D eigenvalue weighted by molar-refractivity contribution is 14.1. The maximum Gasteiger partial charge on any atom is 0.225 e. The minimum Gasteiger partial charge on any atom is -0.389 e. The smallest absolute Gasteiger partial charge is 0.225 e. The molecule has 20 heavy (non-hydrogen) atoms. The Morgan fingerprint density at radius 1 is 1.40 bits per heavy atom. The van der Waals surface area contributed by atoms with Gasteiger partial charge in [-0.05, 0) is 51.1 Å². The summed E-state index contributed by atoms with van der Waals surface area (Å²) >= 11 is 2.48. The van der Waals surface area contributed by atoms with Gasteiger partial charge in [-0.2, -0.15) is 0 Å². The molecule has 5 heteroatoms. The third kappa shape index (κ3) is 4.84. The Morgan fingerprint density at radius 2 is 2.00 bits per heavy atom. The molecule has 2 aliphatic heterocycles. The zero-order valence-corrected chi connectivity index (χ0v) is 14.6. The molecule has 0 bridgehead atoms. The SMILES string of the molecule is CC(I)CC1CCN(C(=O)CC2(O)CCNCC2)CC1. The van der Waals surface area contributed by atoms with Crippen molar-refractivity contribution in [3.63, 3.8) is 0 Å². The van der Waals surface area contributed by atoms with Crippen LogP contribution in [0, 0.1) is 5.92 Å². The third-order valence-electron chi connectivity index (χ3n) is 4.64. The summed E-state index contributed by atoms with van der Waals surface area (Å²) in [6.45, 7) is 5.64. The maximum absolute atomic E-state index is 12.3. The van der Waals surface area contributed by atoms with E-state index >= 15 is 0 Å². The molecule has 0 saturated carbocycles. The van der Waals surface area contributed by atoms with Gasteiger partial charge in [-0.1, -0.05) is 29.5 Å². The molecular weight excluding hydrogens is 367 g/mol. The standard InChI is InChI=1S/C15H27IN2O2/c1-12(16)10-13-2-8-18(9-3-13)14(19)11-15(20)4-6-17-7-5-15/h12-13,17,20H,2-11H2,1H3. The molecule has 4 nitrogen and oxygen atoms in total. The largest absolute Gasteiger partial charge is 0.389 e. The van der Waals surface area contributed by atoms with Crippen molar-refractivity contribution in [3.05, 3.63) is 0 Å². The van der Waals surface area contributed by atoms with Gasteiger partial charge in [0.1, 0.15) is 0 Å². The topological polar surface area (TPSA) is 52.6 Å². The van der Waals surface area contributed by atoms with Crippen molar-refractivity contribution < 1.29 is 9.90 Å². The normalized spacial score (nSPS) is 25.4. The Balaban J connectivity index is 1.77. The second-order valence-corrected chi connectivity index (χ2v) is 8.62. The van der Waals surface area contributed by atoms with Gasteiger partial charge in [0.25, 0.3) is 0 Å². The Kier molecular flexibility index (Phi) is 6.10. The minimum atomic E-state index is -0.768. The van der Waals surface area contributed by atoms with Crippen LogP contribution >= 0.6 is 22.6 Å². The second kappa shape index (κ2) is 7.40. The van der Waals surface area contributed by atoms with E-state index in [0.29, 0.717) is 19.3 Å². The molecule has 2 rings (SSSR count). The van der Waals surface area contributed by atoms with E-state index < -0.39 is 5.60 Å². The summed E-state index contributed by atoms with van der Waals surface area (Å²) in [5.41, 5.74) is -0.768. The lowest BCUT2D eigenvalue weighted by Gasteiger charge is -2.37. The third-order valence-corrected chi connectivity index (χ3v) is 5.15. The molecule has 0 spiro atoms. The van der Waals surface area contributed by atoms with Crippen molar-refractivity contribution in [2.75, 3.05) is 26.2 Å². The van der Waals surface area contributed by atoms with Crippen molar-refractivity contribution >= 4 is 28.5 Å². The lowest BCUT2D eigenvalue weighted by molar-refractivity contribution is -0.138. The van der Waals surface area contributed by atoms with E-state index in [0.717, 1.165) is 48.9 Å². The number of hydrogen-bond acceptors (Lipinski definition) is 3. The quantitative estimate of drug-likeness (QED) is 0.566. The molecule has 2 aliphatic rings. The predicted octanol–water partition coefficient (Wildman–Crippen LogP) is 1.94. The number of amides is 1. The molecule has 1 atom stereocenters. The van der Waals surface area contributed by atoms with E-state index in [4.69, 9.17) is 0 Å². The first kappa shape index (κ1) is 16.5. The summed E-state index contributed by atoms with van der Waals surface area (Å²) in [6.07, 6.45) is 5.21. The summed E-state index contributed by atoms with van der Waals surface area (Å²) in [5, 5.41) is 13.7. The second-order valence-electron chi connectivity index (χ2n) is 6.49. The van der Waals surface area contributed by atoms with Gasteiger partial charge in [0.05, 0.1) is 12.0 Å². The van der Waals surface area contributed by atoms with E-state index in [1.807, 2.05) is 4.90 Å². The van der Waals surface area contributed by atoms with Crippen molar-refractivity contribution in [2.45, 2.75) is 55.0 Å². The molecule has 0 radical (unpaired) electrons. The van der Waals surface area contributed by atoms with Crippen LogP contribution in [0.25, 0.3) is 0 Å². The van der Waals surface area contributed by atoms with Crippen molar-refractivity contribution in [2.24, 2.45) is 5.92 Å². The van der Waals surface area contributed by atoms with Crippen LogP contribution in [0.15, 0.2) is 0 Å². The van der Waals surface area contributed by atoms with Crippen LogP contribution in [-0.4, -0.2) is 51.6 Å². The van der Waals surface area contributed by atoms with Gasteiger partial charge in [-0.15, -0.1) is 0 Å². The van der Waals surface area contributed by atoms with Crippen LogP contribution in [0.1, 0.15) is 45.4 Å². The van der Waals surface area contributed by atoms with Crippen LogP contribution in [0.4, 0.5) is 0 Å². The first-order chi connectivity index (χ1) is 9.48. The van der Waals surface area contributed by atoms with E-state index in [9.17, 15) is 9.90 Å². The molecule has 1 amide bonds. The van der Waals surface area contributed by atoms with Gasteiger partial charge in [0, 0.05) is 17.0 Å². The zero-order valence-electron chi connectivity index (χ0n) is 12.4. The first-order valence-electron chi connectivity index (χ1n) is 7.83. The highest BCUT2D eigenvalue weighted by Crippen LogP contribution is 2.27. The van der Waals surface area contributed by atoms with Crippen molar-refractivity contribution in [1.29, 1.82) is 0 Å². The average molecular weight is 394 g/mol. The summed E-state index contributed by atoms with van der Waals surface area (Å²) in [5.74, 6) is 0.920. The number of carbonyl (C=O) groups excluding carboxylic acids is 1. The molecular formula is C15H27IN2O2. The molecule has 116 valence electrons. The van der Waals surface area contributed by atoms with Crippen LogP contribution in [0.3, 0.4) is 0 Å². The summed E-state index contributed by atoms with van der Waals surface area (Å²) in [7, 11) is 0. The number of nitrogens with zero attached hydrogens (tertiary/aromatic N) is 1. The van der Waals surface area contributed by atoms with Gasteiger partial charge in [0.15, 0.2) is 0 Å². The maximum atomic E-state index is 12.3. The molecule has 2 heterocycles. The van der Waals surface area contributed by atoms with E-state index in [2.05, 4.69) is 34.8 Å². The fraction of sp³-hybridized carbons (Fsp3) is 0.933. The van der Waals surface area contributed by atoms with Gasteiger partial charge < -0.3 is 15.3 Å². The Labute approximate surface area is 135 Å². The van der Waals surface area contributed by atoms with Crippen LogP contribution < -0.4 is 5.32 Å². The molecule has 0 aromatic heterocycles. The molecule has 2 saturated heterocycles. The molecule has 0 aromatic carbocycles. The predicted molar refractivity (Wildman–Crippen MR) is 89.1 cm³/mol. The van der Waals surface area contributed by atoms with E-state index in [1.54, 1.807) is 0 Å². The molecule has 1 unspecified atom stereocenters. The molecule has 0 aliphatic carbocycles. The fourth-order valence-corrected chi connectivity index (χ4v) is 4.06. The van der Waals surface area contributed by atoms with Gasteiger partial charge in [-0.3, -0.25) is 4.79 Å². The Bertz CT molecular complexity index is 322. The minimum absolute atomic E-state index is 0.148. The number of alkyl halides is 1. The highest BCUT2D eigenvalue weighted by Gasteiger charge is 2.34. The Morgan fingerprint density at radius 3 is 2.55 bits per heavy atom. The highest BCUT2D eigenvalue weighted by atomic mass is 127. The number of hydrogen-bond donors (Lipinski definition) is 2. The van der Waals surface area contributed by atoms with Gasteiger partial charge >= 0.3 is 0 Å². The number of halogens is 1. The number of piperidine rings is 2. The van der Waals surface area contributed by atoms with E-state index in [-0.39, 0.29) is 5.91 Å². The van der Waals surface area contributed by atoms with Crippen molar-refractivity contribution in [3.8, 4) is 0 Å². The lowest BCUT2D eigenvalue weighted by Crippen LogP contribution is -2.47. The van der Waals surface area contributed by atoms with Crippen LogP contribution in [0.5, 0.6) is 0 Å². The van der Waals surface area contributed by atoms with Gasteiger partial charge in [0.2, 0.25) is 5.91 Å². The lowest BCUT2D eigenvalue weighted by atomic mass is 9.87. The number of aliphatic hydroxyl groups is 1. The number of nitrogens with one attached hydrogen (secondary N) is 1. The van der Waals surface area contributed by atoms with Crippen LogP contribution in [0.2, 0.25) is 0 Å². The van der Waals surface area contributed by atoms with Crippen molar-refractivity contribution in [1.82, 2.24) is 10.2 Å². The Hall–Kier alpha value is 0.120. The zero-order chi connectivity index (χ0) is 14.6. The average Bonchev–Trinajstić information content (AvgIpc) is 2.39. The molecule has 0 aromatic rings. The number of rotatable bonds is 4. The first-order valence-corrected chi connectivity index (χ1v) is 9.08. The summed E-state index contributed by atoms with van der Waals surface area (Å²) in [4.78, 5) is 14.3. The summed E-state index contributed by atoms with van der Waals surface area (Å²) < 4.78 is 0.718. The van der Waals surface area contributed by atoms with E-state index in [1.165, 1.54) is 6.42 Å². The molecule has 2 fully saturated rings. The fourth-order valence-electron chi connectivity index (χ4n) is 3.34.